The van der Waals surface area contributed by atoms with E-state index in [0.717, 1.165) is 25.8 Å². The van der Waals surface area contributed by atoms with E-state index in [1.54, 1.807) is 0 Å². The standard InChI is InChI=1S/C12H16N4/c13-16-15-11-7-4-8-12(14-9-11)10-5-2-1-3-6-10/h1-3,5-6,11-12,14H,4,7-9H2/t11-,12-/m1/s1. The second-order valence-corrected chi connectivity index (χ2v) is 4.16. The first-order valence-corrected chi connectivity index (χ1v) is 5.72. The highest BCUT2D eigenvalue weighted by atomic mass is 15.2. The first-order valence-electron chi connectivity index (χ1n) is 5.72. The van der Waals surface area contributed by atoms with Crippen molar-refractivity contribution in [1.29, 1.82) is 0 Å². The number of nitrogens with zero attached hydrogens (tertiary/aromatic N) is 3. The van der Waals surface area contributed by atoms with E-state index < -0.39 is 0 Å². The van der Waals surface area contributed by atoms with Crippen molar-refractivity contribution in [3.8, 4) is 0 Å². The van der Waals surface area contributed by atoms with Crippen LogP contribution in [0.4, 0.5) is 0 Å². The van der Waals surface area contributed by atoms with E-state index in [4.69, 9.17) is 5.53 Å². The summed E-state index contributed by atoms with van der Waals surface area (Å²) in [7, 11) is 0. The molecule has 1 aromatic rings. The van der Waals surface area contributed by atoms with Crippen molar-refractivity contribution < 1.29 is 0 Å². The third-order valence-corrected chi connectivity index (χ3v) is 3.05. The van der Waals surface area contributed by atoms with Gasteiger partial charge in [-0.25, -0.2) is 0 Å². The van der Waals surface area contributed by atoms with Gasteiger partial charge >= 0.3 is 0 Å². The number of rotatable bonds is 2. The molecule has 0 bridgehead atoms. The summed E-state index contributed by atoms with van der Waals surface area (Å²) in [6, 6.07) is 11.0. The number of hydrogen-bond acceptors (Lipinski definition) is 2. The van der Waals surface area contributed by atoms with Crippen LogP contribution in [0.5, 0.6) is 0 Å². The summed E-state index contributed by atoms with van der Waals surface area (Å²) in [4.78, 5) is 2.88. The Morgan fingerprint density at radius 1 is 1.25 bits per heavy atom. The molecule has 2 rings (SSSR count). The Morgan fingerprint density at radius 2 is 2.06 bits per heavy atom. The van der Waals surface area contributed by atoms with Gasteiger partial charge in [0.2, 0.25) is 0 Å². The summed E-state index contributed by atoms with van der Waals surface area (Å²) in [6.45, 7) is 0.781. The first kappa shape index (κ1) is 11.0. The molecule has 84 valence electrons. The monoisotopic (exact) mass is 216 g/mol. The maximum absolute atomic E-state index is 8.42. The fourth-order valence-corrected chi connectivity index (χ4v) is 2.18. The van der Waals surface area contributed by atoms with Crippen molar-refractivity contribution in [3.63, 3.8) is 0 Å². The highest BCUT2D eigenvalue weighted by Gasteiger charge is 2.17. The number of benzene rings is 1. The van der Waals surface area contributed by atoms with Crippen LogP contribution in [-0.4, -0.2) is 12.6 Å². The van der Waals surface area contributed by atoms with E-state index in [0.29, 0.717) is 6.04 Å². The van der Waals surface area contributed by atoms with Gasteiger partial charge in [-0.05, 0) is 23.9 Å². The predicted octanol–water partition coefficient (Wildman–Crippen LogP) is 3.18. The van der Waals surface area contributed by atoms with Crippen LogP contribution < -0.4 is 5.32 Å². The third-order valence-electron chi connectivity index (χ3n) is 3.05. The lowest BCUT2D eigenvalue weighted by molar-refractivity contribution is 0.525. The molecule has 1 aromatic carbocycles. The Balaban J connectivity index is 2.01. The Hall–Kier alpha value is -1.51. The first-order chi connectivity index (χ1) is 7.90. The average Bonchev–Trinajstić information content (AvgIpc) is 2.57. The molecular weight excluding hydrogens is 200 g/mol. The summed E-state index contributed by atoms with van der Waals surface area (Å²) in [5.41, 5.74) is 9.75. The maximum Gasteiger partial charge on any atom is 0.0499 e. The van der Waals surface area contributed by atoms with E-state index in [1.165, 1.54) is 5.56 Å². The summed E-state index contributed by atoms with van der Waals surface area (Å²) < 4.78 is 0. The second-order valence-electron chi connectivity index (χ2n) is 4.16. The minimum absolute atomic E-state index is 0.110. The van der Waals surface area contributed by atoms with Crippen LogP contribution in [0.25, 0.3) is 10.4 Å². The van der Waals surface area contributed by atoms with E-state index in [2.05, 4.69) is 39.6 Å². The maximum atomic E-state index is 8.42. The lowest BCUT2D eigenvalue weighted by atomic mass is 10.0. The predicted molar refractivity (Wildman–Crippen MR) is 64.0 cm³/mol. The lowest BCUT2D eigenvalue weighted by Crippen LogP contribution is -2.26. The summed E-state index contributed by atoms with van der Waals surface area (Å²) >= 11 is 0. The van der Waals surface area contributed by atoms with Crippen LogP contribution in [0, 0.1) is 0 Å². The van der Waals surface area contributed by atoms with Gasteiger partial charge in [0.05, 0.1) is 0 Å². The lowest BCUT2D eigenvalue weighted by Gasteiger charge is -2.16. The molecule has 1 heterocycles. The molecule has 16 heavy (non-hydrogen) atoms. The van der Waals surface area contributed by atoms with Gasteiger partial charge in [-0.15, -0.1) is 0 Å². The topological polar surface area (TPSA) is 60.8 Å². The molecule has 4 heteroatoms. The number of azide groups is 1. The molecule has 1 aliphatic heterocycles. The fraction of sp³-hybridized carbons (Fsp3) is 0.500. The van der Waals surface area contributed by atoms with Crippen molar-refractivity contribution in [2.24, 2.45) is 5.11 Å². The zero-order chi connectivity index (χ0) is 11.2. The van der Waals surface area contributed by atoms with Crippen LogP contribution in [-0.2, 0) is 0 Å². The highest BCUT2D eigenvalue weighted by Crippen LogP contribution is 2.23. The van der Waals surface area contributed by atoms with Gasteiger partial charge in [0.25, 0.3) is 0 Å². The molecular formula is C12H16N4. The van der Waals surface area contributed by atoms with Crippen LogP contribution in [0.2, 0.25) is 0 Å². The van der Waals surface area contributed by atoms with E-state index in [9.17, 15) is 0 Å². The molecule has 0 unspecified atom stereocenters. The van der Waals surface area contributed by atoms with E-state index >= 15 is 0 Å². The molecule has 0 spiro atoms. The van der Waals surface area contributed by atoms with Crippen molar-refractivity contribution in [2.45, 2.75) is 31.3 Å². The second kappa shape index (κ2) is 5.54. The Labute approximate surface area is 95.3 Å². The molecule has 2 atom stereocenters. The zero-order valence-corrected chi connectivity index (χ0v) is 9.21. The van der Waals surface area contributed by atoms with Crippen molar-refractivity contribution >= 4 is 0 Å². The van der Waals surface area contributed by atoms with E-state index in [-0.39, 0.29) is 6.04 Å². The normalized spacial score (nSPS) is 25.5. The molecule has 1 N–H and O–H groups in total. The van der Waals surface area contributed by atoms with Gasteiger partial charge < -0.3 is 5.32 Å². The van der Waals surface area contributed by atoms with Gasteiger partial charge in [-0.1, -0.05) is 41.9 Å². The van der Waals surface area contributed by atoms with Gasteiger partial charge in [-0.3, -0.25) is 0 Å². The molecule has 0 aromatic heterocycles. The molecule has 0 saturated carbocycles. The molecule has 0 aliphatic carbocycles. The molecule has 0 radical (unpaired) electrons. The van der Waals surface area contributed by atoms with Crippen molar-refractivity contribution in [2.75, 3.05) is 6.54 Å². The summed E-state index contributed by atoms with van der Waals surface area (Å²) in [6.07, 6.45) is 3.21. The summed E-state index contributed by atoms with van der Waals surface area (Å²) in [5.74, 6) is 0. The van der Waals surface area contributed by atoms with Crippen LogP contribution in [0.15, 0.2) is 35.4 Å². The molecule has 1 saturated heterocycles. The Bertz CT molecular complexity index is 370. The SMILES string of the molecule is [N-]=[N+]=N[C@@H]1CCC[C@H](c2ccccc2)NC1. The van der Waals surface area contributed by atoms with Gasteiger partial charge in [-0.2, -0.15) is 0 Å². The van der Waals surface area contributed by atoms with Gasteiger partial charge in [0, 0.05) is 23.5 Å². The van der Waals surface area contributed by atoms with Crippen LogP contribution in [0.1, 0.15) is 30.9 Å². The average molecular weight is 216 g/mol. The Kier molecular flexibility index (Phi) is 3.81. The van der Waals surface area contributed by atoms with Gasteiger partial charge in [0.1, 0.15) is 0 Å². The van der Waals surface area contributed by atoms with Crippen molar-refractivity contribution in [3.05, 3.63) is 46.3 Å². The quantitative estimate of drug-likeness (QED) is 0.460. The van der Waals surface area contributed by atoms with E-state index in [1.807, 2.05) is 6.07 Å². The smallest absolute Gasteiger partial charge is 0.0499 e. The zero-order valence-electron chi connectivity index (χ0n) is 9.21. The number of hydrogen-bond donors (Lipinski definition) is 1. The van der Waals surface area contributed by atoms with Gasteiger partial charge in [0.15, 0.2) is 0 Å². The molecule has 0 amide bonds. The van der Waals surface area contributed by atoms with Crippen LogP contribution >= 0.6 is 0 Å². The minimum Gasteiger partial charge on any atom is -0.310 e. The number of nitrogens with one attached hydrogen (secondary N) is 1. The largest absolute Gasteiger partial charge is 0.310 e. The van der Waals surface area contributed by atoms with Crippen LogP contribution in [0.3, 0.4) is 0 Å². The minimum atomic E-state index is 0.110. The molecule has 1 fully saturated rings. The third kappa shape index (κ3) is 2.75. The van der Waals surface area contributed by atoms with Crippen molar-refractivity contribution in [1.82, 2.24) is 5.32 Å². The molecule has 4 nitrogen and oxygen atoms in total. The molecule has 1 aliphatic rings. The fourth-order valence-electron chi connectivity index (χ4n) is 2.18. The summed E-state index contributed by atoms with van der Waals surface area (Å²) in [5, 5.41) is 7.26. The Morgan fingerprint density at radius 3 is 2.81 bits per heavy atom. The highest BCUT2D eigenvalue weighted by molar-refractivity contribution is 5.19.